The van der Waals surface area contributed by atoms with E-state index in [0.717, 1.165) is 17.4 Å². The third-order valence-corrected chi connectivity index (χ3v) is 8.13. The van der Waals surface area contributed by atoms with E-state index in [9.17, 15) is 18.0 Å². The van der Waals surface area contributed by atoms with E-state index in [-0.39, 0.29) is 43.7 Å². The summed E-state index contributed by atoms with van der Waals surface area (Å²) in [4.78, 5) is 29.2. The molecule has 0 saturated heterocycles. The second-order valence-electron chi connectivity index (χ2n) is 10.8. The average molecular weight is 610 g/mol. The van der Waals surface area contributed by atoms with Gasteiger partial charge < -0.3 is 19.7 Å². The van der Waals surface area contributed by atoms with Crippen LogP contribution < -0.4 is 19.1 Å². The number of methoxy groups -OCH3 is 2. The summed E-state index contributed by atoms with van der Waals surface area (Å²) in [5.74, 6) is 0.816. The first-order valence-electron chi connectivity index (χ1n) is 14.4. The fraction of sp³-hybridized carbons (Fsp3) is 0.394. The van der Waals surface area contributed by atoms with Gasteiger partial charge in [-0.3, -0.25) is 13.9 Å². The second kappa shape index (κ2) is 16.0. The van der Waals surface area contributed by atoms with Crippen LogP contribution in [0.4, 0.5) is 5.69 Å². The standard InChI is InChI=1S/C33H43N3O6S/c1-25(2)23-34-33(38)30(22-26-13-7-6-8-14-26)35(24-27-15-11-16-28(21-27)41-3)32(37)19-12-20-36(43(5,39)40)29-17-9-10-18-31(29)42-4/h6-11,13-18,21,25,30H,12,19-20,22-24H2,1-5H3,(H,34,38)/t30-/m0/s1. The van der Waals surface area contributed by atoms with E-state index in [0.29, 0.717) is 30.2 Å². The van der Waals surface area contributed by atoms with Crippen molar-refractivity contribution < 1.29 is 27.5 Å². The number of ether oxygens (including phenoxy) is 2. The highest BCUT2D eigenvalue weighted by Crippen LogP contribution is 2.30. The van der Waals surface area contributed by atoms with Crippen molar-refractivity contribution in [2.45, 2.75) is 45.7 Å². The van der Waals surface area contributed by atoms with E-state index < -0.39 is 16.1 Å². The van der Waals surface area contributed by atoms with Crippen LogP contribution in [-0.4, -0.2) is 64.7 Å². The van der Waals surface area contributed by atoms with Crippen molar-refractivity contribution >= 4 is 27.5 Å². The molecule has 0 aliphatic rings. The lowest BCUT2D eigenvalue weighted by Crippen LogP contribution is -2.51. The number of nitrogens with zero attached hydrogens (tertiary/aromatic N) is 2. The first kappa shape index (κ1) is 33.5. The van der Waals surface area contributed by atoms with Crippen molar-refractivity contribution in [1.82, 2.24) is 10.2 Å². The largest absolute Gasteiger partial charge is 0.497 e. The molecule has 0 fully saturated rings. The molecular weight excluding hydrogens is 566 g/mol. The molecule has 43 heavy (non-hydrogen) atoms. The molecule has 3 rings (SSSR count). The number of para-hydroxylation sites is 2. The number of rotatable bonds is 16. The van der Waals surface area contributed by atoms with Crippen molar-refractivity contribution in [2.24, 2.45) is 5.92 Å². The number of anilines is 1. The predicted molar refractivity (Wildman–Crippen MR) is 170 cm³/mol. The predicted octanol–water partition coefficient (Wildman–Crippen LogP) is 4.66. The van der Waals surface area contributed by atoms with E-state index in [1.54, 1.807) is 36.3 Å². The molecule has 0 aliphatic carbocycles. The van der Waals surface area contributed by atoms with Gasteiger partial charge in [-0.25, -0.2) is 8.42 Å². The molecule has 9 nitrogen and oxygen atoms in total. The third-order valence-electron chi connectivity index (χ3n) is 6.95. The molecule has 10 heteroatoms. The summed E-state index contributed by atoms with van der Waals surface area (Å²) in [6.45, 7) is 4.77. The molecule has 0 heterocycles. The lowest BCUT2D eigenvalue weighted by Gasteiger charge is -2.32. The fourth-order valence-electron chi connectivity index (χ4n) is 4.76. The van der Waals surface area contributed by atoms with Crippen LogP contribution in [0.2, 0.25) is 0 Å². The van der Waals surface area contributed by atoms with Crippen molar-refractivity contribution in [3.8, 4) is 11.5 Å². The highest BCUT2D eigenvalue weighted by molar-refractivity contribution is 7.92. The Bertz CT molecular complexity index is 1450. The molecular formula is C33H43N3O6S. The van der Waals surface area contributed by atoms with Crippen LogP contribution in [0.3, 0.4) is 0 Å². The van der Waals surface area contributed by atoms with Gasteiger partial charge in [0.05, 0.1) is 26.2 Å². The highest BCUT2D eigenvalue weighted by Gasteiger charge is 2.31. The molecule has 0 bridgehead atoms. The van der Waals surface area contributed by atoms with Crippen LogP contribution in [0.1, 0.15) is 37.8 Å². The smallest absolute Gasteiger partial charge is 0.243 e. The maximum Gasteiger partial charge on any atom is 0.243 e. The number of benzene rings is 3. The number of amides is 2. The van der Waals surface area contributed by atoms with E-state index in [4.69, 9.17) is 9.47 Å². The van der Waals surface area contributed by atoms with E-state index >= 15 is 0 Å². The number of carbonyl (C=O) groups is 2. The molecule has 1 atom stereocenters. The van der Waals surface area contributed by atoms with Gasteiger partial charge in [-0.05, 0) is 47.7 Å². The molecule has 0 unspecified atom stereocenters. The van der Waals surface area contributed by atoms with Gasteiger partial charge in [-0.1, -0.05) is 68.4 Å². The summed E-state index contributed by atoms with van der Waals surface area (Å²) in [5.41, 5.74) is 2.15. The number of hydrogen-bond acceptors (Lipinski definition) is 6. The van der Waals surface area contributed by atoms with Crippen molar-refractivity contribution in [3.63, 3.8) is 0 Å². The van der Waals surface area contributed by atoms with Gasteiger partial charge in [0, 0.05) is 32.5 Å². The Hall–Kier alpha value is -4.05. The van der Waals surface area contributed by atoms with Crippen LogP contribution in [0.15, 0.2) is 78.9 Å². The van der Waals surface area contributed by atoms with E-state index in [1.165, 1.54) is 11.4 Å². The van der Waals surface area contributed by atoms with E-state index in [1.807, 2.05) is 68.4 Å². The van der Waals surface area contributed by atoms with Gasteiger partial charge in [0.25, 0.3) is 0 Å². The van der Waals surface area contributed by atoms with Crippen LogP contribution in [0, 0.1) is 5.92 Å². The van der Waals surface area contributed by atoms with Gasteiger partial charge in [0.1, 0.15) is 17.5 Å². The fourth-order valence-corrected chi connectivity index (χ4v) is 5.73. The van der Waals surface area contributed by atoms with Crippen molar-refractivity contribution in [2.75, 3.05) is 37.9 Å². The topological polar surface area (TPSA) is 105 Å². The van der Waals surface area contributed by atoms with Crippen LogP contribution in [0.25, 0.3) is 0 Å². The van der Waals surface area contributed by atoms with Gasteiger partial charge in [-0.2, -0.15) is 0 Å². The Morgan fingerprint density at radius 1 is 0.884 bits per heavy atom. The lowest BCUT2D eigenvalue weighted by atomic mass is 10.0. The molecule has 0 aliphatic heterocycles. The van der Waals surface area contributed by atoms with Crippen LogP contribution in [0.5, 0.6) is 11.5 Å². The summed E-state index contributed by atoms with van der Waals surface area (Å²) in [6, 6.07) is 23.1. The SMILES string of the molecule is COc1cccc(CN(C(=O)CCCN(c2ccccc2OC)S(C)(=O)=O)[C@@H](Cc2ccccc2)C(=O)NCC(C)C)c1. The quantitative estimate of drug-likeness (QED) is 0.253. The Kier molecular flexibility index (Phi) is 12.4. The molecule has 3 aromatic carbocycles. The Balaban J connectivity index is 1.91. The third kappa shape index (κ3) is 10.0. The Morgan fingerprint density at radius 2 is 1.56 bits per heavy atom. The monoisotopic (exact) mass is 609 g/mol. The number of hydrogen-bond donors (Lipinski definition) is 1. The van der Waals surface area contributed by atoms with Crippen LogP contribution >= 0.6 is 0 Å². The zero-order valence-electron chi connectivity index (χ0n) is 25.7. The summed E-state index contributed by atoms with van der Waals surface area (Å²) < 4.78 is 37.5. The first-order valence-corrected chi connectivity index (χ1v) is 16.2. The lowest BCUT2D eigenvalue weighted by molar-refractivity contribution is -0.141. The molecule has 0 radical (unpaired) electrons. The molecule has 0 aromatic heterocycles. The normalized spacial score (nSPS) is 12.0. The summed E-state index contributed by atoms with van der Waals surface area (Å²) in [5, 5.41) is 3.02. The Morgan fingerprint density at radius 3 is 2.21 bits per heavy atom. The number of sulfonamides is 1. The molecule has 1 N–H and O–H groups in total. The number of carbonyl (C=O) groups excluding carboxylic acids is 2. The first-order chi connectivity index (χ1) is 20.5. The Labute approximate surface area is 255 Å². The van der Waals surface area contributed by atoms with Crippen molar-refractivity contribution in [1.29, 1.82) is 0 Å². The molecule has 0 saturated carbocycles. The van der Waals surface area contributed by atoms with Crippen LogP contribution in [-0.2, 0) is 32.6 Å². The number of nitrogens with one attached hydrogen (secondary N) is 1. The average Bonchev–Trinajstić information content (AvgIpc) is 2.99. The maximum absolute atomic E-state index is 14.0. The molecule has 3 aromatic rings. The minimum absolute atomic E-state index is 0.0356. The summed E-state index contributed by atoms with van der Waals surface area (Å²) in [6.07, 6.45) is 1.74. The maximum atomic E-state index is 14.0. The second-order valence-corrected chi connectivity index (χ2v) is 12.7. The van der Waals surface area contributed by atoms with E-state index in [2.05, 4.69) is 5.32 Å². The van der Waals surface area contributed by atoms with Gasteiger partial charge in [0.15, 0.2) is 0 Å². The molecule has 232 valence electrons. The zero-order chi connectivity index (χ0) is 31.4. The zero-order valence-corrected chi connectivity index (χ0v) is 26.5. The molecule has 0 spiro atoms. The molecule has 2 amide bonds. The summed E-state index contributed by atoms with van der Waals surface area (Å²) in [7, 11) is -0.600. The van der Waals surface area contributed by atoms with Gasteiger partial charge in [0.2, 0.25) is 21.8 Å². The van der Waals surface area contributed by atoms with Gasteiger partial charge in [-0.15, -0.1) is 0 Å². The van der Waals surface area contributed by atoms with Gasteiger partial charge >= 0.3 is 0 Å². The van der Waals surface area contributed by atoms with Crippen molar-refractivity contribution in [3.05, 3.63) is 90.0 Å². The minimum atomic E-state index is -3.66. The minimum Gasteiger partial charge on any atom is -0.497 e. The highest BCUT2D eigenvalue weighted by atomic mass is 32.2. The summed E-state index contributed by atoms with van der Waals surface area (Å²) >= 11 is 0.